The number of hydrogen-bond acceptors (Lipinski definition) is 6. The van der Waals surface area contributed by atoms with E-state index in [0.717, 1.165) is 0 Å². The predicted octanol–water partition coefficient (Wildman–Crippen LogP) is 1.46. The molecule has 0 amide bonds. The molecule has 2 aromatic rings. The highest BCUT2D eigenvalue weighted by Gasteiger charge is 2.50. The third kappa shape index (κ3) is 4.38. The maximum absolute atomic E-state index is 13.1. The molecule has 0 aromatic heterocycles. The minimum Gasteiger partial charge on any atom is -0.495 e. The highest BCUT2D eigenvalue weighted by atomic mass is 35.5. The summed E-state index contributed by atoms with van der Waals surface area (Å²) in [5.74, 6) is 0.275. The second-order valence-electron chi connectivity index (χ2n) is 6.55. The van der Waals surface area contributed by atoms with Gasteiger partial charge in [-0.05, 0) is 42.5 Å². The van der Waals surface area contributed by atoms with E-state index in [4.69, 9.17) is 21.6 Å². The van der Waals surface area contributed by atoms with E-state index in [1.807, 2.05) is 6.07 Å². The number of benzene rings is 2. The summed E-state index contributed by atoms with van der Waals surface area (Å²) in [6.45, 7) is -0.736. The van der Waals surface area contributed by atoms with Gasteiger partial charge in [0.05, 0.1) is 46.3 Å². The van der Waals surface area contributed by atoms with Gasteiger partial charge in [0.1, 0.15) is 22.3 Å². The third-order valence-electron chi connectivity index (χ3n) is 4.71. The molecule has 29 heavy (non-hydrogen) atoms. The number of ether oxygens (including phenoxy) is 1. The van der Waals surface area contributed by atoms with Gasteiger partial charge >= 0.3 is 0 Å². The van der Waals surface area contributed by atoms with Crippen LogP contribution in [0.3, 0.4) is 0 Å². The molecule has 154 valence electrons. The second kappa shape index (κ2) is 8.92. The number of β-amino-alcohol motifs (C(OH)–C–C–N with tert-alkyl or cyclic N) is 1. The molecule has 1 fully saturated rings. The van der Waals surface area contributed by atoms with Crippen molar-refractivity contribution < 1.29 is 23.4 Å². The average Bonchev–Trinajstić information content (AvgIpc) is 3.10. The SMILES string of the molecule is COc1cc(C#N)ccc1S(=O)N1C[C@H](S(=O)c2ccc(Cl)cc2)C(O)(CO)C1. The molecule has 3 unspecified atom stereocenters. The predicted molar refractivity (Wildman–Crippen MR) is 109 cm³/mol. The van der Waals surface area contributed by atoms with Crippen LogP contribution in [0.2, 0.25) is 5.02 Å². The maximum Gasteiger partial charge on any atom is 0.137 e. The van der Waals surface area contributed by atoms with E-state index in [9.17, 15) is 18.6 Å². The summed E-state index contributed by atoms with van der Waals surface area (Å²) in [5, 5.41) is 29.3. The van der Waals surface area contributed by atoms with Gasteiger partial charge in [0.15, 0.2) is 0 Å². The molecule has 2 N–H and O–H groups in total. The monoisotopic (exact) mass is 454 g/mol. The first-order valence-electron chi connectivity index (χ1n) is 8.57. The number of rotatable bonds is 6. The van der Waals surface area contributed by atoms with Crippen molar-refractivity contribution in [2.24, 2.45) is 0 Å². The van der Waals surface area contributed by atoms with Crippen LogP contribution < -0.4 is 4.74 Å². The second-order valence-corrected chi connectivity index (χ2v) is 10.1. The van der Waals surface area contributed by atoms with Gasteiger partial charge in [0, 0.05) is 23.0 Å². The summed E-state index contributed by atoms with van der Waals surface area (Å²) in [4.78, 5) is 0.777. The topological polar surface area (TPSA) is 111 Å². The Balaban J connectivity index is 1.89. The van der Waals surface area contributed by atoms with E-state index in [-0.39, 0.29) is 18.8 Å². The molecule has 4 atom stereocenters. The number of nitriles is 1. The Morgan fingerprint density at radius 2 is 2.00 bits per heavy atom. The normalized spacial score (nSPS) is 24.0. The van der Waals surface area contributed by atoms with Crippen LogP contribution in [0.4, 0.5) is 0 Å². The average molecular weight is 455 g/mol. The first-order valence-corrected chi connectivity index (χ1v) is 11.3. The van der Waals surface area contributed by atoms with Crippen LogP contribution in [0.15, 0.2) is 52.3 Å². The van der Waals surface area contributed by atoms with E-state index >= 15 is 0 Å². The number of aliphatic hydroxyl groups is 2. The first kappa shape index (κ1) is 21.9. The van der Waals surface area contributed by atoms with Gasteiger partial charge in [-0.25, -0.2) is 8.51 Å². The molecule has 0 saturated carbocycles. The number of methoxy groups -OCH3 is 1. The fourth-order valence-corrected chi connectivity index (χ4v) is 6.34. The number of hydrogen-bond donors (Lipinski definition) is 2. The van der Waals surface area contributed by atoms with E-state index in [1.54, 1.807) is 24.3 Å². The summed E-state index contributed by atoms with van der Waals surface area (Å²) >= 11 is 5.87. The van der Waals surface area contributed by atoms with Gasteiger partial charge in [0.25, 0.3) is 0 Å². The Morgan fingerprint density at radius 1 is 1.31 bits per heavy atom. The van der Waals surface area contributed by atoms with Crippen LogP contribution in [0.25, 0.3) is 0 Å². The van der Waals surface area contributed by atoms with Crippen molar-refractivity contribution in [1.29, 1.82) is 5.26 Å². The molecule has 1 aliphatic rings. The van der Waals surface area contributed by atoms with E-state index in [1.165, 1.54) is 29.6 Å². The molecule has 0 bridgehead atoms. The smallest absolute Gasteiger partial charge is 0.137 e. The molecule has 10 heteroatoms. The Labute approximate surface area is 178 Å². The lowest BCUT2D eigenvalue weighted by atomic mass is 10.1. The van der Waals surface area contributed by atoms with Crippen LogP contribution in [-0.2, 0) is 21.8 Å². The van der Waals surface area contributed by atoms with Crippen molar-refractivity contribution in [3.8, 4) is 11.8 Å². The minimum atomic E-state index is -1.75. The van der Waals surface area contributed by atoms with E-state index in [0.29, 0.717) is 20.4 Å². The van der Waals surface area contributed by atoms with Gasteiger partial charge < -0.3 is 14.9 Å². The van der Waals surface area contributed by atoms with Gasteiger partial charge in [-0.15, -0.1) is 0 Å². The Hall–Kier alpha value is -1.80. The van der Waals surface area contributed by atoms with E-state index in [2.05, 4.69) is 0 Å². The lowest BCUT2D eigenvalue weighted by Gasteiger charge is -2.26. The molecule has 0 aliphatic carbocycles. The van der Waals surface area contributed by atoms with E-state index < -0.39 is 39.2 Å². The van der Waals surface area contributed by atoms with Crippen molar-refractivity contribution in [3.05, 3.63) is 53.1 Å². The summed E-state index contributed by atoms with van der Waals surface area (Å²) < 4.78 is 32.9. The minimum absolute atomic E-state index is 0.0298. The molecular formula is C19H19ClN2O5S2. The van der Waals surface area contributed by atoms with Crippen LogP contribution in [0.1, 0.15) is 5.56 Å². The molecule has 3 rings (SSSR count). The number of aliphatic hydroxyl groups excluding tert-OH is 1. The summed E-state index contributed by atoms with van der Waals surface area (Å²) in [6, 6.07) is 12.9. The van der Waals surface area contributed by atoms with Crippen LogP contribution in [0.5, 0.6) is 5.75 Å². The summed E-state index contributed by atoms with van der Waals surface area (Å²) in [6.07, 6.45) is 0. The van der Waals surface area contributed by atoms with Crippen LogP contribution in [-0.4, -0.2) is 60.6 Å². The zero-order valence-electron chi connectivity index (χ0n) is 15.4. The van der Waals surface area contributed by atoms with Gasteiger partial charge in [-0.1, -0.05) is 11.6 Å². The third-order valence-corrected chi connectivity index (χ3v) is 8.27. The molecule has 7 nitrogen and oxygen atoms in total. The van der Waals surface area contributed by atoms with Gasteiger partial charge in [0.2, 0.25) is 0 Å². The maximum atomic E-state index is 13.1. The lowest BCUT2D eigenvalue weighted by Crippen LogP contribution is -2.47. The van der Waals surface area contributed by atoms with Crippen LogP contribution >= 0.6 is 11.6 Å². The van der Waals surface area contributed by atoms with Crippen LogP contribution in [0, 0.1) is 11.3 Å². The first-order chi connectivity index (χ1) is 13.8. The fraction of sp³-hybridized carbons (Fsp3) is 0.316. The van der Waals surface area contributed by atoms with Gasteiger partial charge in [-0.3, -0.25) is 4.21 Å². The Kier molecular flexibility index (Phi) is 6.73. The molecule has 1 heterocycles. The molecule has 1 saturated heterocycles. The summed E-state index contributed by atoms with van der Waals surface area (Å²) in [5.41, 5.74) is -1.34. The summed E-state index contributed by atoms with van der Waals surface area (Å²) in [7, 11) is -2.01. The lowest BCUT2D eigenvalue weighted by molar-refractivity contribution is 0.00261. The quantitative estimate of drug-likeness (QED) is 0.683. The van der Waals surface area contributed by atoms with Crippen molar-refractivity contribution in [2.45, 2.75) is 20.6 Å². The fourth-order valence-electron chi connectivity index (χ4n) is 3.13. The van der Waals surface area contributed by atoms with Crippen molar-refractivity contribution in [3.63, 3.8) is 0 Å². The molecule has 2 aromatic carbocycles. The molecular weight excluding hydrogens is 436 g/mol. The largest absolute Gasteiger partial charge is 0.495 e. The highest BCUT2D eigenvalue weighted by Crippen LogP contribution is 2.34. The van der Waals surface area contributed by atoms with Crippen molar-refractivity contribution >= 4 is 33.4 Å². The van der Waals surface area contributed by atoms with Crippen molar-refractivity contribution in [1.82, 2.24) is 4.31 Å². The zero-order valence-corrected chi connectivity index (χ0v) is 17.8. The number of nitrogens with zero attached hydrogens (tertiary/aromatic N) is 2. The molecule has 0 radical (unpaired) electrons. The number of halogens is 1. The zero-order chi connectivity index (χ0) is 21.2. The van der Waals surface area contributed by atoms with Gasteiger partial charge in [-0.2, -0.15) is 5.26 Å². The standard InChI is InChI=1S/C19H19ClN2O5S2/c1-27-16-8-13(9-21)2-7-17(16)29(26)22-10-18(19(24,11-22)12-23)28(25)15-5-3-14(20)4-6-15/h2-8,18,23-24H,10-12H2,1H3/t18-,19?,28?,29?/m0/s1. The highest BCUT2D eigenvalue weighted by molar-refractivity contribution is 7.86. The Morgan fingerprint density at radius 3 is 2.59 bits per heavy atom. The molecule has 1 aliphatic heterocycles. The Bertz CT molecular complexity index is 995. The molecule has 0 spiro atoms. The van der Waals surface area contributed by atoms with Crippen molar-refractivity contribution in [2.75, 3.05) is 26.8 Å².